The maximum Gasteiger partial charge on any atom is 0.260 e. The second-order valence-corrected chi connectivity index (χ2v) is 6.64. The van der Waals surface area contributed by atoms with E-state index in [1.807, 2.05) is 24.3 Å². The molecule has 148 valence electrons. The highest BCUT2D eigenvalue weighted by molar-refractivity contribution is 5.80. The molecule has 2 aromatic rings. The summed E-state index contributed by atoms with van der Waals surface area (Å²) in [5, 5.41) is 2.87. The lowest BCUT2D eigenvalue weighted by atomic mass is 10.2. The van der Waals surface area contributed by atoms with Gasteiger partial charge in [-0.1, -0.05) is 12.1 Å². The molecule has 0 saturated heterocycles. The largest absolute Gasteiger partial charge is 0.493 e. The SMILES string of the molecule is COc1ccccc1OCC(=O)N(CCC(=O)NCc1ccncc1)C1CC1. The zero-order valence-electron chi connectivity index (χ0n) is 16.0. The molecule has 0 atom stereocenters. The van der Waals surface area contributed by atoms with Crippen molar-refractivity contribution < 1.29 is 19.1 Å². The smallest absolute Gasteiger partial charge is 0.260 e. The molecule has 1 aliphatic carbocycles. The maximum absolute atomic E-state index is 12.6. The zero-order valence-corrected chi connectivity index (χ0v) is 16.0. The molecule has 7 heteroatoms. The summed E-state index contributed by atoms with van der Waals surface area (Å²) >= 11 is 0. The first-order chi connectivity index (χ1) is 13.7. The van der Waals surface area contributed by atoms with Crippen LogP contribution in [0.2, 0.25) is 0 Å². The van der Waals surface area contributed by atoms with Crippen molar-refractivity contribution >= 4 is 11.8 Å². The Morgan fingerprint density at radius 2 is 1.86 bits per heavy atom. The van der Waals surface area contributed by atoms with Gasteiger partial charge in [0.05, 0.1) is 7.11 Å². The number of ether oxygens (including phenoxy) is 2. The Kier molecular flexibility index (Phi) is 6.84. The van der Waals surface area contributed by atoms with E-state index in [1.165, 1.54) is 0 Å². The maximum atomic E-state index is 12.6. The molecule has 7 nitrogen and oxygen atoms in total. The summed E-state index contributed by atoms with van der Waals surface area (Å²) in [6.07, 6.45) is 5.59. The van der Waals surface area contributed by atoms with Crippen molar-refractivity contribution in [1.82, 2.24) is 15.2 Å². The van der Waals surface area contributed by atoms with Crippen LogP contribution in [0.4, 0.5) is 0 Å². The summed E-state index contributed by atoms with van der Waals surface area (Å²) in [5.41, 5.74) is 0.990. The number of rotatable bonds is 10. The summed E-state index contributed by atoms with van der Waals surface area (Å²) in [4.78, 5) is 30.5. The molecule has 28 heavy (non-hydrogen) atoms. The van der Waals surface area contributed by atoms with Crippen LogP contribution in [0.3, 0.4) is 0 Å². The van der Waals surface area contributed by atoms with Gasteiger partial charge in [-0.05, 0) is 42.7 Å². The Hall–Kier alpha value is -3.09. The number of benzene rings is 1. The van der Waals surface area contributed by atoms with E-state index in [1.54, 1.807) is 36.5 Å². The van der Waals surface area contributed by atoms with Gasteiger partial charge in [0, 0.05) is 37.9 Å². The molecule has 1 aromatic carbocycles. The average Bonchev–Trinajstić information content (AvgIpc) is 3.57. The normalized spacial score (nSPS) is 12.9. The molecule has 0 unspecified atom stereocenters. The number of nitrogens with one attached hydrogen (secondary N) is 1. The molecule has 1 saturated carbocycles. The van der Waals surface area contributed by atoms with E-state index in [-0.39, 0.29) is 30.9 Å². The van der Waals surface area contributed by atoms with Crippen LogP contribution >= 0.6 is 0 Å². The third kappa shape index (κ3) is 5.70. The third-order valence-corrected chi connectivity index (χ3v) is 4.55. The number of pyridine rings is 1. The fraction of sp³-hybridized carbons (Fsp3) is 0.381. The lowest BCUT2D eigenvalue weighted by molar-refractivity contribution is -0.134. The highest BCUT2D eigenvalue weighted by Gasteiger charge is 2.32. The number of para-hydroxylation sites is 2. The van der Waals surface area contributed by atoms with Gasteiger partial charge in [0.15, 0.2) is 18.1 Å². The van der Waals surface area contributed by atoms with E-state index in [0.29, 0.717) is 24.6 Å². The molecule has 1 aromatic heterocycles. The van der Waals surface area contributed by atoms with Gasteiger partial charge < -0.3 is 19.7 Å². The number of aromatic nitrogens is 1. The second-order valence-electron chi connectivity index (χ2n) is 6.64. The van der Waals surface area contributed by atoms with Crippen LogP contribution in [0.5, 0.6) is 11.5 Å². The Morgan fingerprint density at radius 3 is 2.54 bits per heavy atom. The topological polar surface area (TPSA) is 80.8 Å². The van der Waals surface area contributed by atoms with Crippen LogP contribution in [-0.2, 0) is 16.1 Å². The van der Waals surface area contributed by atoms with E-state index >= 15 is 0 Å². The first-order valence-corrected chi connectivity index (χ1v) is 9.38. The van der Waals surface area contributed by atoms with Crippen molar-refractivity contribution in [3.8, 4) is 11.5 Å². The van der Waals surface area contributed by atoms with Gasteiger partial charge in [0.1, 0.15) is 0 Å². The minimum absolute atomic E-state index is 0.0739. The van der Waals surface area contributed by atoms with Gasteiger partial charge in [0.2, 0.25) is 5.91 Å². The van der Waals surface area contributed by atoms with Crippen molar-refractivity contribution in [2.24, 2.45) is 0 Å². The number of hydrogen-bond donors (Lipinski definition) is 1. The van der Waals surface area contributed by atoms with Crippen LogP contribution in [0.25, 0.3) is 0 Å². The summed E-state index contributed by atoms with van der Waals surface area (Å²) in [6, 6.07) is 11.1. The van der Waals surface area contributed by atoms with E-state index in [2.05, 4.69) is 10.3 Å². The lowest BCUT2D eigenvalue weighted by Gasteiger charge is -2.22. The Balaban J connectivity index is 1.46. The molecule has 0 bridgehead atoms. The fourth-order valence-electron chi connectivity index (χ4n) is 2.87. The van der Waals surface area contributed by atoms with Crippen LogP contribution in [0.1, 0.15) is 24.8 Å². The zero-order chi connectivity index (χ0) is 19.8. The Bertz CT molecular complexity index is 793. The van der Waals surface area contributed by atoms with Gasteiger partial charge in [-0.2, -0.15) is 0 Å². The fourth-order valence-corrected chi connectivity index (χ4v) is 2.87. The number of nitrogens with zero attached hydrogens (tertiary/aromatic N) is 2. The van der Waals surface area contributed by atoms with Crippen molar-refractivity contribution in [3.05, 3.63) is 54.4 Å². The summed E-state index contributed by atoms with van der Waals surface area (Å²) in [7, 11) is 1.56. The molecule has 1 N–H and O–H groups in total. The van der Waals surface area contributed by atoms with Crippen LogP contribution in [-0.4, -0.2) is 48.0 Å². The van der Waals surface area contributed by atoms with Gasteiger partial charge in [-0.25, -0.2) is 0 Å². The standard InChI is InChI=1S/C21H25N3O4/c1-27-18-4-2-3-5-19(18)28-15-21(26)24(17-6-7-17)13-10-20(25)23-14-16-8-11-22-12-9-16/h2-5,8-9,11-12,17H,6-7,10,13-15H2,1H3,(H,23,25). The van der Waals surface area contributed by atoms with Crippen LogP contribution in [0.15, 0.2) is 48.8 Å². The summed E-state index contributed by atoms with van der Waals surface area (Å²) in [5.74, 6) is 0.921. The minimum Gasteiger partial charge on any atom is -0.493 e. The minimum atomic E-state index is -0.115. The van der Waals surface area contributed by atoms with E-state index in [0.717, 1.165) is 18.4 Å². The Labute approximate surface area is 164 Å². The summed E-state index contributed by atoms with van der Waals surface area (Å²) < 4.78 is 10.9. The Morgan fingerprint density at radius 1 is 1.14 bits per heavy atom. The average molecular weight is 383 g/mol. The van der Waals surface area contributed by atoms with Crippen molar-refractivity contribution in [2.45, 2.75) is 31.8 Å². The van der Waals surface area contributed by atoms with Crippen LogP contribution < -0.4 is 14.8 Å². The quantitative estimate of drug-likeness (QED) is 0.680. The number of carbonyl (C=O) groups excluding carboxylic acids is 2. The highest BCUT2D eigenvalue weighted by Crippen LogP contribution is 2.28. The van der Waals surface area contributed by atoms with E-state index < -0.39 is 0 Å². The predicted octanol–water partition coefficient (Wildman–Crippen LogP) is 2.17. The van der Waals surface area contributed by atoms with Crippen LogP contribution in [0, 0.1) is 0 Å². The van der Waals surface area contributed by atoms with Crippen molar-refractivity contribution in [2.75, 3.05) is 20.3 Å². The first-order valence-electron chi connectivity index (χ1n) is 9.38. The van der Waals surface area contributed by atoms with Gasteiger partial charge >= 0.3 is 0 Å². The number of carbonyl (C=O) groups is 2. The van der Waals surface area contributed by atoms with Gasteiger partial charge in [0.25, 0.3) is 5.91 Å². The van der Waals surface area contributed by atoms with Crippen molar-refractivity contribution in [1.29, 1.82) is 0 Å². The predicted molar refractivity (Wildman–Crippen MR) is 104 cm³/mol. The molecule has 0 radical (unpaired) electrons. The third-order valence-electron chi connectivity index (χ3n) is 4.55. The molecule has 2 amide bonds. The first kappa shape index (κ1) is 19.7. The highest BCUT2D eigenvalue weighted by atomic mass is 16.5. The lowest BCUT2D eigenvalue weighted by Crippen LogP contribution is -2.39. The molecule has 0 spiro atoms. The number of methoxy groups -OCH3 is 1. The monoisotopic (exact) mass is 383 g/mol. The molecule has 3 rings (SSSR count). The molecule has 1 heterocycles. The second kappa shape index (κ2) is 9.73. The summed E-state index contributed by atoms with van der Waals surface area (Å²) in [6.45, 7) is 0.770. The molecule has 1 fully saturated rings. The number of amides is 2. The van der Waals surface area contributed by atoms with Crippen molar-refractivity contribution in [3.63, 3.8) is 0 Å². The molecule has 0 aliphatic heterocycles. The van der Waals surface area contributed by atoms with E-state index in [9.17, 15) is 9.59 Å². The molecule has 1 aliphatic rings. The van der Waals surface area contributed by atoms with Gasteiger partial charge in [-0.3, -0.25) is 14.6 Å². The number of hydrogen-bond acceptors (Lipinski definition) is 5. The molecular weight excluding hydrogens is 358 g/mol. The van der Waals surface area contributed by atoms with E-state index in [4.69, 9.17) is 9.47 Å². The molecular formula is C21H25N3O4. The van der Waals surface area contributed by atoms with Gasteiger partial charge in [-0.15, -0.1) is 0 Å².